The molecule has 0 atom stereocenters. The van der Waals surface area contributed by atoms with Gasteiger partial charge in [-0.2, -0.15) is 5.10 Å². The van der Waals surface area contributed by atoms with E-state index in [-0.39, 0.29) is 12.3 Å². The van der Waals surface area contributed by atoms with E-state index in [1.54, 1.807) is 4.68 Å². The Balaban J connectivity index is 1.73. The van der Waals surface area contributed by atoms with Crippen molar-refractivity contribution in [2.45, 2.75) is 20.3 Å². The smallest absolute Gasteiger partial charge is 0.229 e. The van der Waals surface area contributed by atoms with Gasteiger partial charge in [-0.3, -0.25) is 4.79 Å². The van der Waals surface area contributed by atoms with Gasteiger partial charge in [-0.05, 0) is 49.7 Å². The van der Waals surface area contributed by atoms with Gasteiger partial charge in [0.05, 0.1) is 24.4 Å². The third-order valence-electron chi connectivity index (χ3n) is 3.75. The second-order valence-corrected chi connectivity index (χ2v) is 6.78. The van der Waals surface area contributed by atoms with Crippen LogP contribution in [0.3, 0.4) is 0 Å². The number of hydrogen-bond donors (Lipinski definition) is 1. The number of nitrogens with one attached hydrogen (secondary N) is 1. The number of amides is 1. The molecular formula is C20H20BrN3O2. The number of ether oxygens (including phenoxy) is 1. The molecule has 0 unspecified atom stereocenters. The minimum absolute atomic E-state index is 0.0923. The lowest BCUT2D eigenvalue weighted by molar-refractivity contribution is -0.115. The summed E-state index contributed by atoms with van der Waals surface area (Å²) in [5.41, 5.74) is 2.64. The summed E-state index contributed by atoms with van der Waals surface area (Å²) < 4.78 is 8.11. The van der Waals surface area contributed by atoms with Crippen LogP contribution >= 0.6 is 15.9 Å². The third-order valence-corrected chi connectivity index (χ3v) is 4.24. The Hall–Kier alpha value is -2.60. The number of hydrogen-bond acceptors (Lipinski definition) is 3. The molecule has 1 N–H and O–H groups in total. The summed E-state index contributed by atoms with van der Waals surface area (Å²) in [6, 6.07) is 17.2. The number of anilines is 1. The molecule has 2 aromatic carbocycles. The number of benzene rings is 2. The fraction of sp³-hybridized carbons (Fsp3) is 0.200. The molecule has 3 rings (SSSR count). The molecule has 6 heteroatoms. The van der Waals surface area contributed by atoms with Crippen molar-refractivity contribution < 1.29 is 9.53 Å². The predicted molar refractivity (Wildman–Crippen MR) is 106 cm³/mol. The number of carbonyl (C=O) groups excluding carboxylic acids is 1. The van der Waals surface area contributed by atoms with Gasteiger partial charge in [-0.1, -0.05) is 34.1 Å². The molecule has 0 saturated carbocycles. The number of aromatic nitrogens is 2. The van der Waals surface area contributed by atoms with Gasteiger partial charge in [-0.25, -0.2) is 4.68 Å². The molecule has 0 bridgehead atoms. The largest absolute Gasteiger partial charge is 0.494 e. The lowest BCUT2D eigenvalue weighted by atomic mass is 10.1. The van der Waals surface area contributed by atoms with Gasteiger partial charge in [0.1, 0.15) is 11.6 Å². The Bertz CT molecular complexity index is 904. The van der Waals surface area contributed by atoms with Crippen LogP contribution in [0.2, 0.25) is 0 Å². The summed E-state index contributed by atoms with van der Waals surface area (Å²) >= 11 is 3.46. The van der Waals surface area contributed by atoms with Crippen LogP contribution in [-0.2, 0) is 11.2 Å². The van der Waals surface area contributed by atoms with E-state index in [1.165, 1.54) is 0 Å². The summed E-state index contributed by atoms with van der Waals surface area (Å²) in [5, 5.41) is 7.43. The quantitative estimate of drug-likeness (QED) is 0.645. The van der Waals surface area contributed by atoms with E-state index in [2.05, 4.69) is 26.3 Å². The lowest BCUT2D eigenvalue weighted by Crippen LogP contribution is -2.17. The first-order valence-corrected chi connectivity index (χ1v) is 9.18. The van der Waals surface area contributed by atoms with Crippen molar-refractivity contribution in [3.8, 4) is 11.4 Å². The van der Waals surface area contributed by atoms with E-state index in [9.17, 15) is 4.79 Å². The Morgan fingerprint density at radius 2 is 1.96 bits per heavy atom. The van der Waals surface area contributed by atoms with Gasteiger partial charge in [0, 0.05) is 10.5 Å². The predicted octanol–water partition coefficient (Wildman–Crippen LogP) is 4.52. The highest BCUT2D eigenvalue weighted by Gasteiger charge is 2.12. The SMILES string of the molecule is CCOc1ccc(CC(=O)Nc2cc(C)nn2-c2cccc(Br)c2)cc1. The zero-order valence-electron chi connectivity index (χ0n) is 14.7. The molecule has 0 aliphatic carbocycles. The fourth-order valence-corrected chi connectivity index (χ4v) is 3.02. The molecule has 0 aliphatic heterocycles. The first kappa shape index (κ1) is 18.2. The summed E-state index contributed by atoms with van der Waals surface area (Å²) in [4.78, 5) is 12.5. The van der Waals surface area contributed by atoms with E-state index in [0.717, 1.165) is 27.2 Å². The van der Waals surface area contributed by atoms with Crippen LogP contribution in [0, 0.1) is 6.92 Å². The molecule has 0 spiro atoms. The number of nitrogens with zero attached hydrogens (tertiary/aromatic N) is 2. The molecule has 0 radical (unpaired) electrons. The molecule has 1 amide bonds. The number of carbonyl (C=O) groups is 1. The molecule has 0 aliphatic rings. The van der Waals surface area contributed by atoms with Gasteiger partial charge < -0.3 is 10.1 Å². The lowest BCUT2D eigenvalue weighted by Gasteiger charge is -2.10. The molecule has 1 heterocycles. The fourth-order valence-electron chi connectivity index (χ4n) is 2.64. The molecule has 5 nitrogen and oxygen atoms in total. The average Bonchev–Trinajstić information content (AvgIpc) is 2.97. The topological polar surface area (TPSA) is 56.1 Å². The Morgan fingerprint density at radius 3 is 2.65 bits per heavy atom. The van der Waals surface area contributed by atoms with E-state index in [1.807, 2.05) is 68.4 Å². The molecule has 0 fully saturated rings. The van der Waals surface area contributed by atoms with Crippen LogP contribution in [0.25, 0.3) is 5.69 Å². The van der Waals surface area contributed by atoms with Gasteiger partial charge >= 0.3 is 0 Å². The van der Waals surface area contributed by atoms with Gasteiger partial charge in [0.25, 0.3) is 0 Å². The first-order chi connectivity index (χ1) is 12.5. The van der Waals surface area contributed by atoms with E-state index in [4.69, 9.17) is 4.74 Å². The van der Waals surface area contributed by atoms with Crippen molar-refractivity contribution in [2.24, 2.45) is 0 Å². The maximum absolute atomic E-state index is 12.5. The van der Waals surface area contributed by atoms with Crippen molar-refractivity contribution in [2.75, 3.05) is 11.9 Å². The second-order valence-electron chi connectivity index (χ2n) is 5.86. The van der Waals surface area contributed by atoms with Crippen LogP contribution in [0.1, 0.15) is 18.2 Å². The third kappa shape index (κ3) is 4.52. The molecule has 0 saturated heterocycles. The van der Waals surface area contributed by atoms with E-state index < -0.39 is 0 Å². The zero-order chi connectivity index (χ0) is 18.5. The molecule has 1 aromatic heterocycles. The van der Waals surface area contributed by atoms with Crippen LogP contribution in [0.5, 0.6) is 5.75 Å². The molecule has 26 heavy (non-hydrogen) atoms. The summed E-state index contributed by atoms with van der Waals surface area (Å²) in [7, 11) is 0. The highest BCUT2D eigenvalue weighted by Crippen LogP contribution is 2.21. The summed E-state index contributed by atoms with van der Waals surface area (Å²) in [6.45, 7) is 4.47. The van der Waals surface area contributed by atoms with Crippen molar-refractivity contribution in [1.82, 2.24) is 9.78 Å². The molecule has 3 aromatic rings. The van der Waals surface area contributed by atoms with Crippen molar-refractivity contribution in [3.05, 3.63) is 70.3 Å². The van der Waals surface area contributed by atoms with Crippen LogP contribution in [-0.4, -0.2) is 22.3 Å². The highest BCUT2D eigenvalue weighted by molar-refractivity contribution is 9.10. The number of aryl methyl sites for hydroxylation is 1. The average molecular weight is 414 g/mol. The maximum atomic E-state index is 12.5. The number of rotatable bonds is 6. The first-order valence-electron chi connectivity index (χ1n) is 8.39. The maximum Gasteiger partial charge on any atom is 0.229 e. The second kappa shape index (κ2) is 8.19. The number of halogens is 1. The minimum atomic E-state index is -0.0923. The normalized spacial score (nSPS) is 10.6. The van der Waals surface area contributed by atoms with Crippen molar-refractivity contribution in [3.63, 3.8) is 0 Å². The summed E-state index contributed by atoms with van der Waals surface area (Å²) in [5.74, 6) is 1.36. The Morgan fingerprint density at radius 1 is 1.19 bits per heavy atom. The van der Waals surface area contributed by atoms with Crippen molar-refractivity contribution >= 4 is 27.7 Å². The highest BCUT2D eigenvalue weighted by atomic mass is 79.9. The minimum Gasteiger partial charge on any atom is -0.494 e. The Kier molecular flexibility index (Phi) is 5.73. The van der Waals surface area contributed by atoms with E-state index in [0.29, 0.717) is 12.4 Å². The Labute approximate surface area is 161 Å². The van der Waals surface area contributed by atoms with Gasteiger partial charge in [0.15, 0.2) is 0 Å². The van der Waals surface area contributed by atoms with Gasteiger partial charge in [0.2, 0.25) is 5.91 Å². The molecular weight excluding hydrogens is 394 g/mol. The standard InChI is InChI=1S/C20H20BrN3O2/c1-3-26-18-9-7-15(8-10-18)12-20(25)22-19-11-14(2)23-24(19)17-6-4-5-16(21)13-17/h4-11,13H,3,12H2,1-2H3,(H,22,25). The summed E-state index contributed by atoms with van der Waals surface area (Å²) in [6.07, 6.45) is 0.287. The van der Waals surface area contributed by atoms with Crippen LogP contribution in [0.15, 0.2) is 59.1 Å². The van der Waals surface area contributed by atoms with Crippen LogP contribution < -0.4 is 10.1 Å². The molecule has 134 valence electrons. The zero-order valence-corrected chi connectivity index (χ0v) is 16.3. The van der Waals surface area contributed by atoms with Crippen molar-refractivity contribution in [1.29, 1.82) is 0 Å². The van der Waals surface area contributed by atoms with Gasteiger partial charge in [-0.15, -0.1) is 0 Å². The van der Waals surface area contributed by atoms with E-state index >= 15 is 0 Å². The monoisotopic (exact) mass is 413 g/mol. The van der Waals surface area contributed by atoms with Crippen LogP contribution in [0.4, 0.5) is 5.82 Å².